The minimum atomic E-state index is -3.49. The van der Waals surface area contributed by atoms with Crippen LogP contribution in [0.5, 0.6) is 5.88 Å². The molecule has 0 atom stereocenters. The second kappa shape index (κ2) is 5.54. The van der Waals surface area contributed by atoms with Crippen LogP contribution in [0.2, 0.25) is 5.15 Å². The molecule has 0 N–H and O–H groups in total. The molecule has 0 saturated carbocycles. The fourth-order valence-electron chi connectivity index (χ4n) is 1.49. The lowest BCUT2D eigenvalue weighted by atomic mass is 10.4. The van der Waals surface area contributed by atoms with Gasteiger partial charge in [0.1, 0.15) is 16.7 Å². The van der Waals surface area contributed by atoms with E-state index in [1.54, 1.807) is 18.2 Å². The Morgan fingerprint density at radius 2 is 1.89 bits per heavy atom. The molecule has 0 spiro atoms. The summed E-state index contributed by atoms with van der Waals surface area (Å²) in [6.07, 6.45) is 0. The average Bonchev–Trinajstić information content (AvgIpc) is 2.38. The van der Waals surface area contributed by atoms with Crippen LogP contribution in [0.3, 0.4) is 0 Å². The van der Waals surface area contributed by atoms with Gasteiger partial charge in [0.25, 0.3) is 0 Å². The maximum absolute atomic E-state index is 12.1. The first kappa shape index (κ1) is 13.8. The molecule has 1 heterocycles. The SMILES string of the molecule is COc1cc(Cl)nc(CS(=O)(=O)c2ccccc2)n1. The number of halogens is 1. The lowest BCUT2D eigenvalue weighted by Gasteiger charge is -2.05. The molecular weight excluding hydrogens is 288 g/mol. The topological polar surface area (TPSA) is 69.2 Å². The van der Waals surface area contributed by atoms with Crippen molar-refractivity contribution < 1.29 is 13.2 Å². The van der Waals surface area contributed by atoms with Gasteiger partial charge in [-0.3, -0.25) is 0 Å². The van der Waals surface area contributed by atoms with Crippen molar-refractivity contribution in [2.24, 2.45) is 0 Å². The van der Waals surface area contributed by atoms with Crippen molar-refractivity contribution in [3.8, 4) is 5.88 Å². The molecule has 5 nitrogen and oxygen atoms in total. The Kier molecular flexibility index (Phi) is 4.01. The lowest BCUT2D eigenvalue weighted by Crippen LogP contribution is -2.08. The van der Waals surface area contributed by atoms with Crippen molar-refractivity contribution in [2.45, 2.75) is 10.6 Å². The number of hydrogen-bond donors (Lipinski definition) is 0. The summed E-state index contributed by atoms with van der Waals surface area (Å²) in [7, 11) is -2.07. The molecule has 7 heteroatoms. The second-order valence-corrected chi connectivity index (χ2v) is 6.10. The Bertz CT molecular complexity index is 675. The number of hydrogen-bond acceptors (Lipinski definition) is 5. The number of rotatable bonds is 4. The minimum Gasteiger partial charge on any atom is -0.481 e. The zero-order chi connectivity index (χ0) is 13.9. The number of methoxy groups -OCH3 is 1. The molecule has 0 aliphatic heterocycles. The van der Waals surface area contributed by atoms with Crippen LogP contribution in [0.25, 0.3) is 0 Å². The molecule has 0 aliphatic rings. The van der Waals surface area contributed by atoms with Gasteiger partial charge in [-0.2, -0.15) is 4.98 Å². The number of benzene rings is 1. The van der Waals surface area contributed by atoms with Crippen LogP contribution >= 0.6 is 11.6 Å². The molecule has 1 aromatic carbocycles. The van der Waals surface area contributed by atoms with Crippen molar-refractivity contribution in [2.75, 3.05) is 7.11 Å². The molecule has 0 aliphatic carbocycles. The third-order valence-corrected chi connectivity index (χ3v) is 4.17. The predicted molar refractivity (Wildman–Crippen MR) is 70.9 cm³/mol. The van der Waals surface area contributed by atoms with E-state index in [1.165, 1.54) is 25.3 Å². The van der Waals surface area contributed by atoms with Crippen molar-refractivity contribution in [3.05, 3.63) is 47.4 Å². The number of sulfone groups is 1. The van der Waals surface area contributed by atoms with E-state index in [-0.39, 0.29) is 27.5 Å². The Morgan fingerprint density at radius 1 is 1.21 bits per heavy atom. The molecule has 19 heavy (non-hydrogen) atoms. The molecule has 0 unspecified atom stereocenters. The number of aromatic nitrogens is 2. The number of nitrogens with zero attached hydrogens (tertiary/aromatic N) is 2. The molecular formula is C12H11ClN2O3S. The van der Waals surface area contributed by atoms with Crippen LogP contribution in [0, 0.1) is 0 Å². The van der Waals surface area contributed by atoms with Crippen LogP contribution in [-0.2, 0) is 15.6 Å². The van der Waals surface area contributed by atoms with Crippen LogP contribution in [-0.4, -0.2) is 25.5 Å². The van der Waals surface area contributed by atoms with Gasteiger partial charge in [0.05, 0.1) is 12.0 Å². The van der Waals surface area contributed by atoms with Gasteiger partial charge in [-0.25, -0.2) is 13.4 Å². The molecule has 1 aromatic heterocycles. The third kappa shape index (κ3) is 3.42. The normalized spacial score (nSPS) is 11.3. The Hall–Kier alpha value is -1.66. The highest BCUT2D eigenvalue weighted by Crippen LogP contribution is 2.18. The Morgan fingerprint density at radius 3 is 2.53 bits per heavy atom. The highest BCUT2D eigenvalue weighted by atomic mass is 35.5. The maximum Gasteiger partial charge on any atom is 0.217 e. The highest BCUT2D eigenvalue weighted by Gasteiger charge is 2.17. The molecule has 2 aromatic rings. The zero-order valence-electron chi connectivity index (χ0n) is 10.1. The summed E-state index contributed by atoms with van der Waals surface area (Å²) >= 11 is 5.78. The van der Waals surface area contributed by atoms with Crippen LogP contribution in [0.1, 0.15) is 5.82 Å². The summed E-state index contributed by atoms with van der Waals surface area (Å²) in [5.74, 6) is 0.0139. The largest absolute Gasteiger partial charge is 0.481 e. The van der Waals surface area contributed by atoms with Crippen LogP contribution in [0.15, 0.2) is 41.3 Å². The van der Waals surface area contributed by atoms with E-state index < -0.39 is 9.84 Å². The second-order valence-electron chi connectivity index (χ2n) is 3.72. The molecule has 0 fully saturated rings. The van der Waals surface area contributed by atoms with Crippen molar-refractivity contribution in [1.29, 1.82) is 0 Å². The zero-order valence-corrected chi connectivity index (χ0v) is 11.6. The monoisotopic (exact) mass is 298 g/mol. The first-order valence-electron chi connectivity index (χ1n) is 5.36. The van der Waals surface area contributed by atoms with E-state index in [1.807, 2.05) is 0 Å². The van der Waals surface area contributed by atoms with E-state index in [0.29, 0.717) is 0 Å². The van der Waals surface area contributed by atoms with Crippen molar-refractivity contribution in [1.82, 2.24) is 9.97 Å². The summed E-state index contributed by atoms with van der Waals surface area (Å²) in [5.41, 5.74) is 0. The molecule has 0 saturated heterocycles. The van der Waals surface area contributed by atoms with Crippen molar-refractivity contribution in [3.63, 3.8) is 0 Å². The van der Waals surface area contributed by atoms with Gasteiger partial charge >= 0.3 is 0 Å². The molecule has 0 radical (unpaired) electrons. The standard InChI is InChI=1S/C12H11ClN2O3S/c1-18-12-7-10(13)14-11(15-12)8-19(16,17)9-5-3-2-4-6-9/h2-7H,8H2,1H3. The van der Waals surface area contributed by atoms with Gasteiger partial charge in [0, 0.05) is 6.07 Å². The van der Waals surface area contributed by atoms with Gasteiger partial charge < -0.3 is 4.74 Å². The quantitative estimate of drug-likeness (QED) is 0.809. The minimum absolute atomic E-state index is 0.105. The van der Waals surface area contributed by atoms with Crippen molar-refractivity contribution >= 4 is 21.4 Å². The fraction of sp³-hybridized carbons (Fsp3) is 0.167. The summed E-state index contributed by atoms with van der Waals surface area (Å²) in [5, 5.41) is 0.144. The van der Waals surface area contributed by atoms with E-state index in [0.717, 1.165) is 0 Å². The smallest absolute Gasteiger partial charge is 0.217 e. The Balaban J connectivity index is 2.33. The summed E-state index contributed by atoms with van der Waals surface area (Å²) < 4.78 is 29.2. The maximum atomic E-state index is 12.1. The van der Waals surface area contributed by atoms with Gasteiger partial charge in [-0.1, -0.05) is 29.8 Å². The third-order valence-electron chi connectivity index (χ3n) is 2.35. The molecule has 0 amide bonds. The summed E-state index contributed by atoms with van der Waals surface area (Å²) in [6.45, 7) is 0. The van der Waals surface area contributed by atoms with Gasteiger partial charge in [-0.15, -0.1) is 0 Å². The van der Waals surface area contributed by atoms with Crippen LogP contribution in [0.4, 0.5) is 0 Å². The van der Waals surface area contributed by atoms with Gasteiger partial charge in [0.15, 0.2) is 9.84 Å². The molecule has 0 bridgehead atoms. The fourth-order valence-corrected chi connectivity index (χ4v) is 2.89. The highest BCUT2D eigenvalue weighted by molar-refractivity contribution is 7.90. The lowest BCUT2D eigenvalue weighted by molar-refractivity contribution is 0.395. The first-order valence-corrected chi connectivity index (χ1v) is 7.39. The Labute approximate surface area is 116 Å². The number of ether oxygens (including phenoxy) is 1. The van der Waals surface area contributed by atoms with Gasteiger partial charge in [0.2, 0.25) is 5.88 Å². The van der Waals surface area contributed by atoms with Crippen LogP contribution < -0.4 is 4.74 Å². The van der Waals surface area contributed by atoms with E-state index in [2.05, 4.69) is 9.97 Å². The molecule has 2 rings (SSSR count). The van der Waals surface area contributed by atoms with E-state index in [9.17, 15) is 8.42 Å². The average molecular weight is 299 g/mol. The summed E-state index contributed by atoms with van der Waals surface area (Å²) in [6, 6.07) is 9.53. The molecule has 100 valence electrons. The van der Waals surface area contributed by atoms with E-state index >= 15 is 0 Å². The first-order chi connectivity index (χ1) is 9.01. The van der Waals surface area contributed by atoms with E-state index in [4.69, 9.17) is 16.3 Å². The van der Waals surface area contributed by atoms with Gasteiger partial charge in [-0.05, 0) is 12.1 Å². The summed E-state index contributed by atoms with van der Waals surface area (Å²) in [4.78, 5) is 8.07. The predicted octanol–water partition coefficient (Wildman–Crippen LogP) is 2.11.